The lowest BCUT2D eigenvalue weighted by atomic mass is 10.2. The minimum absolute atomic E-state index is 0. The first-order valence-corrected chi connectivity index (χ1v) is 46.5. The van der Waals surface area contributed by atoms with Gasteiger partial charge >= 0.3 is 53.2 Å². The molecule has 0 amide bonds. The number of hydrogen-bond donors (Lipinski definition) is 5. The Bertz CT molecular complexity index is 5350. The van der Waals surface area contributed by atoms with E-state index in [0.717, 1.165) is 22.3 Å². The number of phenolic OH excluding ortho intramolecular Hbond substituents is 1. The van der Waals surface area contributed by atoms with Crippen LogP contribution in [0.4, 0.5) is 22.7 Å². The van der Waals surface area contributed by atoms with Crippen LogP contribution >= 0.6 is 64.2 Å². The van der Waals surface area contributed by atoms with Crippen molar-refractivity contribution in [2.75, 3.05) is 0 Å². The molecule has 12 rings (SSSR count). The average Bonchev–Trinajstić information content (AvgIpc) is 0.833. The molecular formula is C88H87Cl3N8O28P4. The molecular weight excluding hydrogens is 1850 g/mol. The summed E-state index contributed by atoms with van der Waals surface area (Å²) in [6, 6.07) is 86.6. The number of hydrogen-bond acceptors (Lipinski definition) is 29. The van der Waals surface area contributed by atoms with Gasteiger partial charge in [0, 0.05) is 71.0 Å². The van der Waals surface area contributed by atoms with Crippen LogP contribution in [0.1, 0.15) is 49.9 Å². The molecule has 0 spiro atoms. The van der Waals surface area contributed by atoms with E-state index in [0.29, 0.717) is 12.4 Å². The summed E-state index contributed by atoms with van der Waals surface area (Å²) < 4.78 is 110. The van der Waals surface area contributed by atoms with Crippen molar-refractivity contribution in [2.24, 2.45) is 5.73 Å². The van der Waals surface area contributed by atoms with Gasteiger partial charge in [0.15, 0.2) is 0 Å². The van der Waals surface area contributed by atoms with Crippen LogP contribution in [0.2, 0.25) is 0 Å². The van der Waals surface area contributed by atoms with Gasteiger partial charge in [-0.2, -0.15) is 15.3 Å². The Morgan fingerprint density at radius 2 is 0.481 bits per heavy atom. The fraction of sp³-hybridized carbons (Fsp3) is 0.136. The molecule has 688 valence electrons. The number of nitrogens with zero attached hydrogens (tertiary/aromatic N) is 4. The number of aromatic hydroxyl groups is 1. The summed E-state index contributed by atoms with van der Waals surface area (Å²) in [4.78, 5) is 88.6. The Balaban J connectivity index is 0.000000255. The summed E-state index contributed by atoms with van der Waals surface area (Å²) in [5, 5.41) is 59.0. The van der Waals surface area contributed by atoms with Gasteiger partial charge in [-0.15, -0.1) is 12.4 Å². The van der Waals surface area contributed by atoms with E-state index in [1.807, 2.05) is 121 Å². The monoisotopic (exact) mass is 1930 g/mol. The number of rotatable bonds is 36. The van der Waals surface area contributed by atoms with Gasteiger partial charge in [-0.3, -0.25) is 59.6 Å². The summed E-state index contributed by atoms with van der Waals surface area (Å²) in [7, 11) is -12.4. The zero-order valence-corrected chi connectivity index (χ0v) is 75.7. The maximum atomic E-state index is 13.5. The minimum atomic E-state index is -4.13. The molecule has 0 radical (unpaired) electrons. The van der Waals surface area contributed by atoms with Crippen LogP contribution in [-0.4, -0.2) is 72.8 Å². The van der Waals surface area contributed by atoms with E-state index in [9.17, 15) is 77.9 Å². The number of nitrogens with one attached hydrogen (secondary N) is 3. The second kappa shape index (κ2) is 54.5. The van der Waals surface area contributed by atoms with Crippen LogP contribution in [0, 0.1) is 40.5 Å². The number of nitrogens with two attached hydrogens (primary N) is 1. The van der Waals surface area contributed by atoms with Gasteiger partial charge in [-0.25, -0.2) is 18.3 Å². The summed E-state index contributed by atoms with van der Waals surface area (Å²) in [6.45, 7) is 6.46. The van der Waals surface area contributed by atoms with Crippen LogP contribution in [0.25, 0.3) is 0 Å². The molecule has 6 N–H and O–H groups in total. The fourth-order valence-electron chi connectivity index (χ4n) is 9.85. The summed E-state index contributed by atoms with van der Waals surface area (Å²) in [5.74, 6) is -0.976. The molecule has 0 aromatic heterocycles. The molecule has 7 atom stereocenters. The molecule has 131 heavy (non-hydrogen) atoms. The molecule has 1 unspecified atom stereocenters. The molecule has 0 aliphatic rings. The number of non-ortho nitro benzene ring substituents is 4. The molecule has 0 saturated heterocycles. The average molecular weight is 1930 g/mol. The van der Waals surface area contributed by atoms with Gasteiger partial charge in [0.05, 0.1) is 19.7 Å². The molecule has 12 aromatic rings. The Kier molecular flexibility index (Phi) is 44.0. The van der Waals surface area contributed by atoms with Crippen LogP contribution in [-0.2, 0) is 82.8 Å². The highest BCUT2D eigenvalue weighted by Gasteiger charge is 2.37. The van der Waals surface area contributed by atoms with Crippen molar-refractivity contribution >= 4 is 111 Å². The molecule has 0 aliphatic carbocycles. The lowest BCUT2D eigenvalue weighted by Gasteiger charge is -2.23. The third-order valence-corrected chi connectivity index (χ3v) is 21.8. The third kappa shape index (κ3) is 41.0. The number of nitro benzene ring substituents is 4. The predicted molar refractivity (Wildman–Crippen MR) is 490 cm³/mol. The van der Waals surface area contributed by atoms with Crippen LogP contribution in [0.5, 0.6) is 46.0 Å². The zero-order chi connectivity index (χ0) is 94.5. The van der Waals surface area contributed by atoms with E-state index in [1.165, 1.54) is 118 Å². The minimum Gasteiger partial charge on any atom is -0.508 e. The van der Waals surface area contributed by atoms with E-state index in [4.69, 9.17) is 79.4 Å². The molecule has 0 heterocycles. The summed E-state index contributed by atoms with van der Waals surface area (Å²) in [5.41, 5.74) is 8.24. The number of carbonyl (C=O) groups is 4. The highest BCUT2D eigenvalue weighted by atomic mass is 35.9. The van der Waals surface area contributed by atoms with E-state index in [1.54, 1.807) is 128 Å². The van der Waals surface area contributed by atoms with Crippen molar-refractivity contribution in [3.8, 4) is 46.0 Å². The van der Waals surface area contributed by atoms with Crippen molar-refractivity contribution in [3.63, 3.8) is 0 Å². The van der Waals surface area contributed by atoms with Gasteiger partial charge in [-0.1, -0.05) is 194 Å². The fourth-order valence-corrected chi connectivity index (χ4v) is 15.3. The van der Waals surface area contributed by atoms with Gasteiger partial charge in [0.2, 0.25) is 0 Å². The number of benzene rings is 12. The lowest BCUT2D eigenvalue weighted by molar-refractivity contribution is -0.385. The smallest absolute Gasteiger partial charge is 0.508 e. The number of carbonyl (C=O) groups excluding carboxylic acids is 4. The van der Waals surface area contributed by atoms with Gasteiger partial charge in [0.1, 0.15) is 96.6 Å². The normalized spacial score (nSPS) is 12.7. The van der Waals surface area contributed by atoms with Crippen molar-refractivity contribution < 1.29 is 113 Å². The lowest BCUT2D eigenvalue weighted by Crippen LogP contribution is -2.35. The SMILES string of the molecule is C[C@H](N)C(=O)OCc1ccccc1.C[C@H](NP(=O)(Oc1ccccc1)Oc1ccc([N+](=O)[O-])cc1)C(=O)OCc1ccccc1.C[C@H](N[P@@](=O)(Oc1ccccc1)Oc1ccc([N+](=O)[O-])cc1)C(=O)OCc1ccccc1.C[C@H](N[P@](=O)(Oc1ccccc1)Oc1ccc([N+](=O)[O-])cc1)C(=O)OCc1ccccc1.Cl.O=P(Cl)(Cl)Oc1ccccc1.O=[N+]([O-])c1ccc(O)cc1. The molecule has 0 saturated carbocycles. The third-order valence-electron chi connectivity index (χ3n) is 16.1. The Labute approximate surface area is 766 Å². The zero-order valence-electron chi connectivity index (χ0n) is 69.8. The summed E-state index contributed by atoms with van der Waals surface area (Å²) in [6.07, 6.45) is -3.44. The Morgan fingerprint density at radius 1 is 0.305 bits per heavy atom. The predicted octanol–water partition coefficient (Wildman–Crippen LogP) is 21.1. The molecule has 0 aliphatic heterocycles. The van der Waals surface area contributed by atoms with Crippen molar-refractivity contribution in [1.82, 2.24) is 15.3 Å². The quantitative estimate of drug-likeness (QED) is 0.00800. The van der Waals surface area contributed by atoms with Crippen molar-refractivity contribution in [2.45, 2.75) is 78.3 Å². The highest BCUT2D eigenvalue weighted by molar-refractivity contribution is 8.05. The van der Waals surface area contributed by atoms with E-state index in [-0.39, 0.29) is 101 Å². The van der Waals surface area contributed by atoms with Crippen molar-refractivity contribution in [3.05, 3.63) is 402 Å². The highest BCUT2D eigenvalue weighted by Crippen LogP contribution is 2.57. The number of phenols is 1. The van der Waals surface area contributed by atoms with Gasteiger partial charge < -0.3 is 61.5 Å². The van der Waals surface area contributed by atoms with E-state index >= 15 is 0 Å². The van der Waals surface area contributed by atoms with Crippen molar-refractivity contribution in [1.29, 1.82) is 0 Å². The maximum absolute atomic E-state index is 13.5. The summed E-state index contributed by atoms with van der Waals surface area (Å²) >= 11 is 10.3. The molecule has 43 heteroatoms. The second-order valence-electron chi connectivity index (χ2n) is 26.5. The topological polar surface area (TPSA) is 493 Å². The largest absolute Gasteiger partial charge is 0.513 e. The number of nitro groups is 4. The standard InChI is InChI=1S/3C22H21N2O7P.C10H13NO2.C6H5Cl2O2P.C6H5NO3.ClH/c3*1-17(22(25)29-16-18-8-4-2-5-9-18)23-32(28,30-20-10-6-3-7-11-20)31-21-14-12-19(13-15-21)24(26)27;1-8(11)10(12)13-7-9-5-3-2-4-6-9;7-11(8,9)10-6-4-2-1-3-5-6;8-6-3-1-5(2-4-6)7(9)10;/h3*2-15,17H,16H2,1H3,(H,23,28);2-6,8H,7,11H2,1H3;1-5H;1-4,8H;1H/t17-,32?;17-,32+;17-,32-;8-;;;/m0000.../s1. The van der Waals surface area contributed by atoms with Gasteiger partial charge in [-0.05, 0) is 147 Å². The molecule has 12 aromatic carbocycles. The number of esters is 4. The Morgan fingerprint density at radius 3 is 0.672 bits per heavy atom. The first-order chi connectivity index (χ1) is 62.0. The number of ether oxygens (including phenoxy) is 4. The van der Waals surface area contributed by atoms with Crippen LogP contribution in [0.3, 0.4) is 0 Å². The van der Waals surface area contributed by atoms with Crippen LogP contribution in [0.15, 0.2) is 340 Å². The molecule has 36 nitrogen and oxygen atoms in total. The van der Waals surface area contributed by atoms with Crippen LogP contribution < -0.4 is 52.7 Å². The maximum Gasteiger partial charge on any atom is 0.513 e. The van der Waals surface area contributed by atoms with E-state index in [2.05, 4.69) is 19.8 Å². The Hall–Kier alpha value is -13.9. The molecule has 0 fully saturated rings. The molecule has 0 bridgehead atoms. The first kappa shape index (κ1) is 106. The number of halogens is 3. The first-order valence-electron chi connectivity index (χ1n) is 38.5. The van der Waals surface area contributed by atoms with E-state index < -0.39 is 91.1 Å². The number of para-hydroxylation sites is 4. The van der Waals surface area contributed by atoms with Gasteiger partial charge in [0.25, 0.3) is 22.7 Å². The second-order valence-corrected chi connectivity index (χ2v) is 35.6.